The topological polar surface area (TPSA) is 121 Å². The molecule has 0 saturated carbocycles. The Kier molecular flexibility index (Phi) is 13.4. The fraction of sp³-hybridized carbons (Fsp3) is 0.275. The first-order chi connectivity index (χ1) is 30.4. The largest absolute Gasteiger partial charge is 0.493 e. The zero-order valence-corrected chi connectivity index (χ0v) is 36.5. The van der Waals surface area contributed by atoms with Crippen molar-refractivity contribution < 1.29 is 33.7 Å². The van der Waals surface area contributed by atoms with Crippen molar-refractivity contribution in [2.24, 2.45) is 0 Å². The molecule has 9 nitrogen and oxygen atoms in total. The lowest BCUT2D eigenvalue weighted by Crippen LogP contribution is -2.54. The van der Waals surface area contributed by atoms with Gasteiger partial charge >= 0.3 is 5.97 Å². The number of pyridine rings is 1. The first-order valence-corrected chi connectivity index (χ1v) is 21.8. The van der Waals surface area contributed by atoms with Crippen LogP contribution in [0.5, 0.6) is 11.5 Å². The van der Waals surface area contributed by atoms with Gasteiger partial charge in [-0.2, -0.15) is 0 Å². The van der Waals surface area contributed by atoms with Crippen molar-refractivity contribution in [3.05, 3.63) is 181 Å². The molecular formula is C51H48Cl2FN3O6. The van der Waals surface area contributed by atoms with Crippen LogP contribution in [-0.2, 0) is 41.9 Å². The lowest BCUT2D eigenvalue weighted by molar-refractivity contribution is -0.142. The molecule has 12 heteroatoms. The standard InChI is InChI=1S/C51H48Cl2FN3O6/c1-30-31(2)55-18-16-43(30)35-8-6-32(7-9-35)21-46(51(60)61)56-50(59)47-25-38-26-48-39(23-40(38)28-57(47)27-33-4-3-5-41(54)20-33)22-36(17-19-62-48)34-10-13-42(14-11-34)63-49(29-58)37-12-15-44(52)45(53)24-37/h3-16,18,20,23-24,26,36,46-47,49,58H,17,19,21-22,25,27-29H2,1-2H3,(H,56,59)(H,60,61)/t36?,46-,47-,49?/m0/s1. The summed E-state index contributed by atoms with van der Waals surface area (Å²) in [6, 6.07) is 31.4. The number of carboxylic acid groups (broad SMARTS) is 1. The number of aromatic nitrogens is 1. The smallest absolute Gasteiger partial charge is 0.326 e. The molecule has 6 aromatic rings. The third-order valence-electron chi connectivity index (χ3n) is 12.3. The second-order valence-corrected chi connectivity index (χ2v) is 17.2. The third-order valence-corrected chi connectivity index (χ3v) is 13.0. The van der Waals surface area contributed by atoms with Crippen LogP contribution in [0.2, 0.25) is 10.0 Å². The molecule has 3 N–H and O–H groups in total. The molecule has 63 heavy (non-hydrogen) atoms. The third kappa shape index (κ3) is 10.2. The number of hydrogen-bond donors (Lipinski definition) is 3. The van der Waals surface area contributed by atoms with E-state index in [1.165, 1.54) is 12.1 Å². The Bertz CT molecular complexity index is 2620. The predicted molar refractivity (Wildman–Crippen MR) is 242 cm³/mol. The lowest BCUT2D eigenvalue weighted by Gasteiger charge is -2.37. The maximum atomic E-state index is 14.4. The minimum Gasteiger partial charge on any atom is -0.493 e. The number of aliphatic carboxylic acids is 1. The minimum atomic E-state index is -1.17. The summed E-state index contributed by atoms with van der Waals surface area (Å²) in [4.78, 5) is 33.3. The number of hydrogen-bond acceptors (Lipinski definition) is 7. The summed E-state index contributed by atoms with van der Waals surface area (Å²) >= 11 is 12.3. The van der Waals surface area contributed by atoms with Crippen molar-refractivity contribution in [1.82, 2.24) is 15.2 Å². The molecule has 5 aromatic carbocycles. The minimum absolute atomic E-state index is 0.100. The van der Waals surface area contributed by atoms with Crippen LogP contribution in [-0.4, -0.2) is 57.3 Å². The fourth-order valence-electron chi connectivity index (χ4n) is 8.66. The summed E-state index contributed by atoms with van der Waals surface area (Å²) in [6.45, 7) is 4.93. The van der Waals surface area contributed by atoms with Gasteiger partial charge in [-0.3, -0.25) is 14.7 Å². The van der Waals surface area contributed by atoms with E-state index in [1.54, 1.807) is 30.5 Å². The number of ether oxygens (including phenoxy) is 2. The van der Waals surface area contributed by atoms with E-state index in [2.05, 4.69) is 16.4 Å². The van der Waals surface area contributed by atoms with Gasteiger partial charge in [0, 0.05) is 31.4 Å². The number of halogens is 3. The quantitative estimate of drug-likeness (QED) is 0.105. The molecule has 2 unspecified atom stereocenters. The molecule has 2 aliphatic heterocycles. The SMILES string of the molecule is Cc1nccc(-c2ccc(C[C@H](NC(=O)[C@@H]3Cc4cc5c(cc4CN3Cc3cccc(F)c3)CC(c3ccc(OC(CO)c4ccc(Cl)c(Cl)c4)cc3)CCO5)C(=O)O)cc2)c1C. The van der Waals surface area contributed by atoms with Crippen LogP contribution in [0.3, 0.4) is 0 Å². The number of carbonyl (C=O) groups excluding carboxylic acids is 1. The Labute approximate surface area is 376 Å². The number of nitrogens with zero attached hydrogens (tertiary/aromatic N) is 2. The second kappa shape index (κ2) is 19.3. The number of nitrogens with one attached hydrogen (secondary N) is 1. The molecule has 4 atom stereocenters. The van der Waals surface area contributed by atoms with Crippen molar-refractivity contribution in [2.45, 2.75) is 76.7 Å². The van der Waals surface area contributed by atoms with Crippen molar-refractivity contribution in [1.29, 1.82) is 0 Å². The summed E-state index contributed by atoms with van der Waals surface area (Å²) in [7, 11) is 0. The Morgan fingerprint density at radius 2 is 1.70 bits per heavy atom. The highest BCUT2D eigenvalue weighted by atomic mass is 35.5. The number of benzene rings is 5. The number of carbonyl (C=O) groups is 2. The average molecular weight is 889 g/mol. The van der Waals surface area contributed by atoms with Crippen LogP contribution in [0.4, 0.5) is 4.39 Å². The Balaban J connectivity index is 0.992. The summed E-state index contributed by atoms with van der Waals surface area (Å²) in [5.41, 5.74) is 10.4. The number of amides is 1. The number of aliphatic hydroxyl groups is 1. The van der Waals surface area contributed by atoms with E-state index >= 15 is 0 Å². The molecular weight excluding hydrogens is 840 g/mol. The van der Waals surface area contributed by atoms with Crippen molar-refractivity contribution >= 4 is 35.1 Å². The van der Waals surface area contributed by atoms with E-state index in [0.717, 1.165) is 68.8 Å². The van der Waals surface area contributed by atoms with Gasteiger partial charge < -0.3 is 25.0 Å². The van der Waals surface area contributed by atoms with E-state index < -0.39 is 30.1 Å². The zero-order chi connectivity index (χ0) is 44.2. The van der Waals surface area contributed by atoms with Gasteiger partial charge in [-0.25, -0.2) is 9.18 Å². The fourth-order valence-corrected chi connectivity index (χ4v) is 8.96. The molecule has 3 heterocycles. The van der Waals surface area contributed by atoms with Crippen LogP contribution < -0.4 is 14.8 Å². The first-order valence-electron chi connectivity index (χ1n) is 21.1. The van der Waals surface area contributed by atoms with Gasteiger partial charge in [0.1, 0.15) is 29.5 Å². The van der Waals surface area contributed by atoms with Crippen LogP contribution in [0.25, 0.3) is 11.1 Å². The van der Waals surface area contributed by atoms with Crippen LogP contribution in [0.1, 0.15) is 68.6 Å². The van der Waals surface area contributed by atoms with Crippen LogP contribution in [0.15, 0.2) is 115 Å². The average Bonchev–Trinajstić information content (AvgIpc) is 3.48. The molecule has 1 amide bonds. The summed E-state index contributed by atoms with van der Waals surface area (Å²) in [5, 5.41) is 24.1. The lowest BCUT2D eigenvalue weighted by atomic mass is 9.86. The van der Waals surface area contributed by atoms with Gasteiger partial charge in [-0.05, 0) is 143 Å². The van der Waals surface area contributed by atoms with E-state index in [9.17, 15) is 24.2 Å². The Morgan fingerprint density at radius 3 is 2.43 bits per heavy atom. The van der Waals surface area contributed by atoms with Gasteiger partial charge in [-0.15, -0.1) is 0 Å². The number of aryl methyl sites for hydroxylation is 1. The number of carboxylic acids is 1. The summed E-state index contributed by atoms with van der Waals surface area (Å²) in [6.07, 6.45) is 3.08. The van der Waals surface area contributed by atoms with Crippen molar-refractivity contribution in [2.75, 3.05) is 13.2 Å². The van der Waals surface area contributed by atoms with Gasteiger partial charge in [0.15, 0.2) is 0 Å². The van der Waals surface area contributed by atoms with Gasteiger partial charge in [-0.1, -0.05) is 83.9 Å². The maximum Gasteiger partial charge on any atom is 0.326 e. The predicted octanol–water partition coefficient (Wildman–Crippen LogP) is 9.77. The van der Waals surface area contributed by atoms with Crippen LogP contribution in [0, 0.1) is 19.7 Å². The Morgan fingerprint density at radius 1 is 0.905 bits per heavy atom. The zero-order valence-electron chi connectivity index (χ0n) is 35.0. The molecule has 1 aromatic heterocycles. The first kappa shape index (κ1) is 43.9. The molecule has 324 valence electrons. The Hall–Kier alpha value is -5.78. The van der Waals surface area contributed by atoms with Gasteiger partial charge in [0.05, 0.1) is 29.3 Å². The van der Waals surface area contributed by atoms with Gasteiger partial charge in [0.25, 0.3) is 0 Å². The van der Waals surface area contributed by atoms with E-state index in [4.69, 9.17) is 32.7 Å². The molecule has 8 rings (SSSR count). The second-order valence-electron chi connectivity index (χ2n) is 16.4. The number of rotatable bonds is 13. The monoisotopic (exact) mass is 887 g/mol. The normalized spacial score (nSPS) is 17.0. The molecule has 0 radical (unpaired) electrons. The van der Waals surface area contributed by atoms with E-state index in [1.807, 2.05) is 85.5 Å². The molecule has 0 fully saturated rings. The van der Waals surface area contributed by atoms with Crippen molar-refractivity contribution in [3.63, 3.8) is 0 Å². The van der Waals surface area contributed by atoms with E-state index in [0.29, 0.717) is 46.5 Å². The maximum absolute atomic E-state index is 14.4. The van der Waals surface area contributed by atoms with Crippen molar-refractivity contribution in [3.8, 4) is 22.6 Å². The number of aliphatic hydroxyl groups excluding tert-OH is 1. The summed E-state index contributed by atoms with van der Waals surface area (Å²) < 4.78 is 26.9. The highest BCUT2D eigenvalue weighted by molar-refractivity contribution is 6.42. The molecule has 0 saturated heterocycles. The highest BCUT2D eigenvalue weighted by Crippen LogP contribution is 2.38. The molecule has 2 aliphatic rings. The summed E-state index contributed by atoms with van der Waals surface area (Å²) in [5.74, 6) is -0.380. The molecule has 0 aliphatic carbocycles. The van der Waals surface area contributed by atoms with Gasteiger partial charge in [0.2, 0.25) is 5.91 Å². The van der Waals surface area contributed by atoms with Crippen LogP contribution >= 0.6 is 23.2 Å². The highest BCUT2D eigenvalue weighted by Gasteiger charge is 2.35. The molecule has 0 spiro atoms. The number of fused-ring (bicyclic) bond motifs is 2. The van der Waals surface area contributed by atoms with E-state index in [-0.39, 0.29) is 31.3 Å². The molecule has 0 bridgehead atoms.